The van der Waals surface area contributed by atoms with Gasteiger partial charge in [0.05, 0.1) is 33.2 Å². The molecule has 0 aliphatic carbocycles. The van der Waals surface area contributed by atoms with Crippen molar-refractivity contribution in [2.24, 2.45) is 0 Å². The zero-order valence-corrected chi connectivity index (χ0v) is 16.9. The van der Waals surface area contributed by atoms with Gasteiger partial charge in [0.15, 0.2) is 0 Å². The second-order valence-corrected chi connectivity index (χ2v) is 8.44. The van der Waals surface area contributed by atoms with E-state index in [2.05, 4.69) is 10.1 Å². The van der Waals surface area contributed by atoms with E-state index in [1.807, 2.05) is 0 Å². The van der Waals surface area contributed by atoms with Gasteiger partial charge in [0, 0.05) is 11.6 Å². The first-order valence-corrected chi connectivity index (χ1v) is 9.34. The lowest BCUT2D eigenvalue weighted by Crippen LogP contribution is -2.37. The molecule has 152 valence electrons. The molecule has 10 nitrogen and oxygen atoms in total. The fourth-order valence-electron chi connectivity index (χ4n) is 3.07. The fourth-order valence-corrected chi connectivity index (χ4v) is 3.67. The standard InChI is InChI=1S/C18H18N4O6S/c1-17(2,14(23)24)10-5-9(11-7-21-16(20-11)29-8-19-21)6-12(22(27)28)13(10)18(3,4)15(25)26/h5-8H,1-4H3,(H,23,24)(H,25,26). The summed E-state index contributed by atoms with van der Waals surface area (Å²) < 4.78 is 1.50. The van der Waals surface area contributed by atoms with Crippen LogP contribution in [0, 0.1) is 10.1 Å². The summed E-state index contributed by atoms with van der Waals surface area (Å²) in [5.74, 6) is -2.54. The van der Waals surface area contributed by atoms with E-state index in [0.717, 1.165) is 0 Å². The third-order valence-corrected chi connectivity index (χ3v) is 5.65. The Hall–Kier alpha value is -3.34. The van der Waals surface area contributed by atoms with Crippen molar-refractivity contribution in [3.05, 3.63) is 45.1 Å². The topological polar surface area (TPSA) is 148 Å². The van der Waals surface area contributed by atoms with Gasteiger partial charge in [0.1, 0.15) is 5.51 Å². The number of benzene rings is 1. The summed E-state index contributed by atoms with van der Waals surface area (Å²) in [6, 6.07) is 2.70. The number of nitro benzene ring substituents is 1. The number of imidazole rings is 1. The number of hydrogen-bond acceptors (Lipinski definition) is 7. The number of hydrogen-bond donors (Lipinski definition) is 2. The highest BCUT2D eigenvalue weighted by atomic mass is 32.1. The van der Waals surface area contributed by atoms with Crippen molar-refractivity contribution in [2.45, 2.75) is 38.5 Å². The molecule has 0 bridgehead atoms. The Morgan fingerprint density at radius 2 is 1.76 bits per heavy atom. The summed E-state index contributed by atoms with van der Waals surface area (Å²) in [5.41, 5.74) is -1.58. The average Bonchev–Trinajstić information content (AvgIpc) is 3.22. The molecule has 11 heteroatoms. The second kappa shape index (κ2) is 6.62. The predicted molar refractivity (Wildman–Crippen MR) is 104 cm³/mol. The average molecular weight is 418 g/mol. The number of aromatic nitrogens is 3. The Balaban J connectivity index is 2.42. The summed E-state index contributed by atoms with van der Waals surface area (Å²) in [4.78, 5) is 40.0. The minimum Gasteiger partial charge on any atom is -0.481 e. The highest BCUT2D eigenvalue weighted by molar-refractivity contribution is 7.14. The summed E-state index contributed by atoms with van der Waals surface area (Å²) in [5, 5.41) is 35.4. The number of fused-ring (bicyclic) bond motifs is 1. The van der Waals surface area contributed by atoms with E-state index in [9.17, 15) is 29.9 Å². The molecule has 3 aromatic rings. The third-order valence-electron chi connectivity index (χ3n) is 4.96. The maximum atomic E-state index is 12.0. The zero-order chi connectivity index (χ0) is 21.7. The van der Waals surface area contributed by atoms with Gasteiger partial charge in [-0.1, -0.05) is 11.3 Å². The number of carboxylic acid groups (broad SMARTS) is 2. The Kier molecular flexibility index (Phi) is 4.66. The van der Waals surface area contributed by atoms with Crippen LogP contribution in [0.4, 0.5) is 5.69 Å². The van der Waals surface area contributed by atoms with Crippen molar-refractivity contribution in [1.82, 2.24) is 14.6 Å². The van der Waals surface area contributed by atoms with Crippen LogP contribution < -0.4 is 0 Å². The van der Waals surface area contributed by atoms with Gasteiger partial charge in [-0.2, -0.15) is 5.10 Å². The summed E-state index contributed by atoms with van der Waals surface area (Å²) in [6.07, 6.45) is 1.57. The molecule has 3 rings (SSSR count). The molecular weight excluding hydrogens is 400 g/mol. The highest BCUT2D eigenvalue weighted by Crippen LogP contribution is 2.43. The third kappa shape index (κ3) is 3.23. The SMILES string of the molecule is CC(C)(C(=O)O)c1cc(-c2cn3ncsc3n2)cc([N+](=O)[O-])c1C(C)(C)C(=O)O. The van der Waals surface area contributed by atoms with Gasteiger partial charge < -0.3 is 10.2 Å². The Morgan fingerprint density at radius 1 is 1.14 bits per heavy atom. The first-order valence-electron chi connectivity index (χ1n) is 8.46. The summed E-state index contributed by atoms with van der Waals surface area (Å²) in [6.45, 7) is 5.39. The van der Waals surface area contributed by atoms with Crippen molar-refractivity contribution in [3.63, 3.8) is 0 Å². The van der Waals surface area contributed by atoms with E-state index in [1.165, 1.54) is 55.7 Å². The van der Waals surface area contributed by atoms with Crippen LogP contribution >= 0.6 is 11.3 Å². The van der Waals surface area contributed by atoms with Crippen molar-refractivity contribution in [2.75, 3.05) is 0 Å². The van der Waals surface area contributed by atoms with Crippen LogP contribution in [0.3, 0.4) is 0 Å². The number of aliphatic carboxylic acids is 2. The van der Waals surface area contributed by atoms with Crippen LogP contribution in [0.5, 0.6) is 0 Å². The van der Waals surface area contributed by atoms with Crippen LogP contribution in [0.1, 0.15) is 38.8 Å². The molecule has 0 amide bonds. The fraction of sp³-hybridized carbons (Fsp3) is 0.333. The molecule has 2 N–H and O–H groups in total. The Bertz CT molecular complexity index is 1130. The quantitative estimate of drug-likeness (QED) is 0.458. The number of carboxylic acids is 2. The summed E-state index contributed by atoms with van der Waals surface area (Å²) in [7, 11) is 0. The molecule has 0 radical (unpaired) electrons. The van der Waals surface area contributed by atoms with Crippen LogP contribution in [0.2, 0.25) is 0 Å². The van der Waals surface area contributed by atoms with E-state index in [1.54, 1.807) is 11.7 Å². The van der Waals surface area contributed by atoms with Gasteiger partial charge in [-0.15, -0.1) is 0 Å². The van der Waals surface area contributed by atoms with Gasteiger partial charge >= 0.3 is 11.9 Å². The zero-order valence-electron chi connectivity index (χ0n) is 16.0. The van der Waals surface area contributed by atoms with Gasteiger partial charge in [-0.25, -0.2) is 9.50 Å². The largest absolute Gasteiger partial charge is 0.481 e. The van der Waals surface area contributed by atoms with Crippen molar-refractivity contribution in [3.8, 4) is 11.3 Å². The normalized spacial score (nSPS) is 12.3. The molecule has 0 saturated heterocycles. The molecule has 0 spiro atoms. The lowest BCUT2D eigenvalue weighted by atomic mass is 9.72. The molecule has 0 atom stereocenters. The lowest BCUT2D eigenvalue weighted by molar-refractivity contribution is -0.386. The highest BCUT2D eigenvalue weighted by Gasteiger charge is 2.44. The monoisotopic (exact) mass is 418 g/mol. The molecule has 29 heavy (non-hydrogen) atoms. The minimum atomic E-state index is -1.70. The molecule has 0 fully saturated rings. The number of carbonyl (C=O) groups is 2. The molecule has 0 unspecified atom stereocenters. The van der Waals surface area contributed by atoms with E-state index in [-0.39, 0.29) is 11.1 Å². The van der Waals surface area contributed by atoms with Crippen LogP contribution in [-0.4, -0.2) is 41.7 Å². The molecule has 0 saturated carbocycles. The number of nitrogens with zero attached hydrogens (tertiary/aromatic N) is 4. The van der Waals surface area contributed by atoms with Crippen molar-refractivity contribution < 1.29 is 24.7 Å². The lowest BCUT2D eigenvalue weighted by Gasteiger charge is -2.29. The van der Waals surface area contributed by atoms with Gasteiger partial charge in [0.25, 0.3) is 5.69 Å². The van der Waals surface area contributed by atoms with Crippen LogP contribution in [0.15, 0.2) is 23.8 Å². The molecule has 1 aromatic carbocycles. The van der Waals surface area contributed by atoms with Gasteiger partial charge in [-0.05, 0) is 39.3 Å². The number of rotatable bonds is 6. The van der Waals surface area contributed by atoms with E-state index < -0.39 is 33.4 Å². The van der Waals surface area contributed by atoms with Crippen molar-refractivity contribution in [1.29, 1.82) is 0 Å². The Morgan fingerprint density at radius 3 is 2.28 bits per heavy atom. The summed E-state index contributed by atoms with van der Waals surface area (Å²) >= 11 is 1.27. The van der Waals surface area contributed by atoms with E-state index in [4.69, 9.17) is 0 Å². The van der Waals surface area contributed by atoms with E-state index >= 15 is 0 Å². The maximum absolute atomic E-state index is 12.0. The predicted octanol–water partition coefficient (Wildman–Crippen LogP) is 3.09. The first kappa shape index (κ1) is 20.4. The van der Waals surface area contributed by atoms with Crippen LogP contribution in [-0.2, 0) is 20.4 Å². The molecule has 0 aliphatic rings. The van der Waals surface area contributed by atoms with Gasteiger partial charge in [0.2, 0.25) is 4.96 Å². The first-order chi connectivity index (χ1) is 13.4. The van der Waals surface area contributed by atoms with Gasteiger partial charge in [-0.3, -0.25) is 19.7 Å². The minimum absolute atomic E-state index is 0.0471. The molecule has 2 heterocycles. The number of nitro groups is 1. The molecular formula is C18H18N4O6S. The van der Waals surface area contributed by atoms with E-state index in [0.29, 0.717) is 16.2 Å². The smallest absolute Gasteiger partial charge is 0.313 e. The second-order valence-electron chi connectivity index (χ2n) is 7.63. The molecule has 2 aromatic heterocycles. The molecule has 0 aliphatic heterocycles. The van der Waals surface area contributed by atoms with Crippen LogP contribution in [0.25, 0.3) is 16.2 Å². The maximum Gasteiger partial charge on any atom is 0.313 e. The Labute approximate surface area is 168 Å². The van der Waals surface area contributed by atoms with Crippen molar-refractivity contribution >= 4 is 33.9 Å².